The lowest BCUT2D eigenvalue weighted by molar-refractivity contribution is -0.140. The highest BCUT2D eigenvalue weighted by Gasteiger charge is 2.45. The smallest absolute Gasteiger partial charge is 0.295 e. The van der Waals surface area contributed by atoms with Crippen LogP contribution in [0.25, 0.3) is 5.76 Å². The number of aliphatic hydroxyl groups excluding tert-OH is 1. The van der Waals surface area contributed by atoms with Crippen molar-refractivity contribution in [2.45, 2.75) is 46.8 Å². The number of carbonyl (C=O) groups is 2. The summed E-state index contributed by atoms with van der Waals surface area (Å²) in [6.45, 7) is 12.7. The van der Waals surface area contributed by atoms with E-state index in [-0.39, 0.29) is 17.4 Å². The number of hydrogen-bond acceptors (Lipinski definition) is 5. The van der Waals surface area contributed by atoms with Crippen molar-refractivity contribution < 1.29 is 19.4 Å². The van der Waals surface area contributed by atoms with Crippen LogP contribution in [0, 0.1) is 6.92 Å². The van der Waals surface area contributed by atoms with Gasteiger partial charge in [0.25, 0.3) is 11.7 Å². The number of carbonyl (C=O) groups excluding carboxylic acids is 2. The fourth-order valence-corrected chi connectivity index (χ4v) is 4.22. The van der Waals surface area contributed by atoms with E-state index in [1.54, 1.807) is 23.1 Å². The van der Waals surface area contributed by atoms with Gasteiger partial charge < -0.3 is 19.6 Å². The Morgan fingerprint density at radius 3 is 2.33 bits per heavy atom. The number of aryl methyl sites for hydroxylation is 1. The van der Waals surface area contributed by atoms with Crippen molar-refractivity contribution in [2.75, 3.05) is 26.2 Å². The number of rotatable bonds is 9. The van der Waals surface area contributed by atoms with Gasteiger partial charge in [0.15, 0.2) is 0 Å². The van der Waals surface area contributed by atoms with Crippen molar-refractivity contribution in [1.29, 1.82) is 0 Å². The maximum Gasteiger partial charge on any atom is 0.295 e. The monoisotopic (exact) mass is 450 g/mol. The third kappa shape index (κ3) is 5.28. The highest BCUT2D eigenvalue weighted by molar-refractivity contribution is 6.46. The number of ether oxygens (including phenoxy) is 1. The van der Waals surface area contributed by atoms with Gasteiger partial charge >= 0.3 is 0 Å². The van der Waals surface area contributed by atoms with E-state index >= 15 is 0 Å². The van der Waals surface area contributed by atoms with Gasteiger partial charge in [-0.3, -0.25) is 9.59 Å². The first-order valence-electron chi connectivity index (χ1n) is 11.6. The zero-order valence-corrected chi connectivity index (χ0v) is 20.2. The Labute approximate surface area is 196 Å². The lowest BCUT2D eigenvalue weighted by atomic mass is 9.95. The lowest BCUT2D eigenvalue weighted by Crippen LogP contribution is -2.38. The Balaban J connectivity index is 2.06. The highest BCUT2D eigenvalue weighted by Crippen LogP contribution is 2.39. The number of likely N-dealkylation sites (tertiary alicyclic amines) is 1. The van der Waals surface area contributed by atoms with Gasteiger partial charge in [-0.15, -0.1) is 0 Å². The molecule has 33 heavy (non-hydrogen) atoms. The zero-order valence-electron chi connectivity index (χ0n) is 20.2. The molecule has 1 fully saturated rings. The molecule has 1 aliphatic heterocycles. The Kier molecular flexibility index (Phi) is 7.92. The van der Waals surface area contributed by atoms with Gasteiger partial charge in [0, 0.05) is 18.7 Å². The Morgan fingerprint density at radius 1 is 1.09 bits per heavy atom. The van der Waals surface area contributed by atoms with E-state index < -0.39 is 17.7 Å². The summed E-state index contributed by atoms with van der Waals surface area (Å²) in [5, 5.41) is 11.3. The van der Waals surface area contributed by atoms with E-state index in [4.69, 9.17) is 4.74 Å². The molecule has 176 valence electrons. The van der Waals surface area contributed by atoms with Crippen LogP contribution in [0.3, 0.4) is 0 Å². The summed E-state index contributed by atoms with van der Waals surface area (Å²) in [6, 6.07) is 14.1. The molecule has 2 aromatic carbocycles. The Bertz CT molecular complexity index is 1030. The molecular weight excluding hydrogens is 416 g/mol. The molecule has 0 spiro atoms. The Morgan fingerprint density at radius 2 is 1.76 bits per heavy atom. The normalized spacial score (nSPS) is 17.9. The van der Waals surface area contributed by atoms with Crippen LogP contribution in [-0.2, 0) is 9.59 Å². The number of likely N-dealkylation sites (N-methyl/N-ethyl adjacent to an activating group) is 1. The second kappa shape index (κ2) is 10.7. The molecule has 1 N–H and O–H groups in total. The van der Waals surface area contributed by atoms with Crippen molar-refractivity contribution in [3.63, 3.8) is 0 Å². The molecule has 1 heterocycles. The molecule has 0 bridgehead atoms. The van der Waals surface area contributed by atoms with E-state index in [9.17, 15) is 14.7 Å². The predicted molar refractivity (Wildman–Crippen MR) is 130 cm³/mol. The van der Waals surface area contributed by atoms with Gasteiger partial charge in [-0.25, -0.2) is 0 Å². The maximum absolute atomic E-state index is 13.1. The summed E-state index contributed by atoms with van der Waals surface area (Å²) in [4.78, 5) is 30.0. The fourth-order valence-electron chi connectivity index (χ4n) is 4.22. The van der Waals surface area contributed by atoms with Crippen LogP contribution in [0.5, 0.6) is 5.75 Å². The molecule has 1 amide bonds. The topological polar surface area (TPSA) is 70.1 Å². The molecule has 1 atom stereocenters. The van der Waals surface area contributed by atoms with Gasteiger partial charge in [0.2, 0.25) is 0 Å². The number of aliphatic hydroxyl groups is 1. The first kappa shape index (κ1) is 24.5. The van der Waals surface area contributed by atoms with Crippen LogP contribution < -0.4 is 4.74 Å². The summed E-state index contributed by atoms with van der Waals surface area (Å²) >= 11 is 0. The van der Waals surface area contributed by atoms with Crippen LogP contribution in [0.2, 0.25) is 0 Å². The van der Waals surface area contributed by atoms with Gasteiger partial charge in [0.1, 0.15) is 11.5 Å². The van der Waals surface area contributed by atoms with Gasteiger partial charge in [0.05, 0.1) is 17.7 Å². The summed E-state index contributed by atoms with van der Waals surface area (Å²) in [6.07, 6.45) is 0.0253. The largest absolute Gasteiger partial charge is 0.507 e. The maximum atomic E-state index is 13.1. The van der Waals surface area contributed by atoms with Crippen molar-refractivity contribution in [3.05, 3.63) is 70.8 Å². The first-order valence-corrected chi connectivity index (χ1v) is 11.6. The highest BCUT2D eigenvalue weighted by atomic mass is 16.5. The van der Waals surface area contributed by atoms with Crippen molar-refractivity contribution in [1.82, 2.24) is 9.80 Å². The SMILES string of the molecule is CCN(CC)CCN1C(=O)C(=O)/C(=C(\O)c2ccc(OC(C)C)c(C)c2)C1c1ccccc1. The van der Waals surface area contributed by atoms with E-state index in [0.29, 0.717) is 18.7 Å². The second-order valence-corrected chi connectivity index (χ2v) is 8.58. The molecule has 0 radical (unpaired) electrons. The molecular formula is C27H34N2O4. The molecule has 0 aromatic heterocycles. The number of benzene rings is 2. The van der Waals surface area contributed by atoms with Crippen molar-refractivity contribution >= 4 is 17.4 Å². The molecule has 1 aliphatic rings. The van der Waals surface area contributed by atoms with Crippen LogP contribution in [0.15, 0.2) is 54.1 Å². The molecule has 0 saturated carbocycles. The summed E-state index contributed by atoms with van der Waals surface area (Å²) in [7, 11) is 0. The van der Waals surface area contributed by atoms with Crippen molar-refractivity contribution in [3.8, 4) is 5.75 Å². The number of Topliss-reactive ketones (excluding diaryl/α,β-unsaturated/α-hetero) is 1. The quantitative estimate of drug-likeness (QED) is 0.345. The second-order valence-electron chi connectivity index (χ2n) is 8.58. The molecule has 0 aliphatic carbocycles. The number of nitrogens with zero attached hydrogens (tertiary/aromatic N) is 2. The first-order chi connectivity index (χ1) is 15.8. The predicted octanol–water partition coefficient (Wildman–Crippen LogP) is 4.55. The van der Waals surface area contributed by atoms with Crippen LogP contribution in [0.4, 0.5) is 0 Å². The van der Waals surface area contributed by atoms with E-state index in [2.05, 4.69) is 18.7 Å². The Hall–Kier alpha value is -3.12. The minimum atomic E-state index is -0.652. The molecule has 1 saturated heterocycles. The molecule has 2 aromatic rings. The van der Waals surface area contributed by atoms with Gasteiger partial charge in [-0.2, -0.15) is 0 Å². The molecule has 3 rings (SSSR count). The van der Waals surface area contributed by atoms with Gasteiger partial charge in [-0.05, 0) is 63.2 Å². The van der Waals surface area contributed by atoms with E-state index in [0.717, 1.165) is 30.0 Å². The third-order valence-corrected chi connectivity index (χ3v) is 6.02. The van der Waals surface area contributed by atoms with Gasteiger partial charge in [-0.1, -0.05) is 44.2 Å². The minimum absolute atomic E-state index is 0.0253. The van der Waals surface area contributed by atoms with Crippen LogP contribution in [0.1, 0.15) is 50.4 Å². The number of hydrogen-bond donors (Lipinski definition) is 1. The average molecular weight is 451 g/mol. The third-order valence-electron chi connectivity index (χ3n) is 6.02. The standard InChI is InChI=1S/C27H34N2O4/c1-6-28(7-2)15-16-29-24(20-11-9-8-10-12-20)23(26(31)27(29)32)25(30)21-13-14-22(19(5)17-21)33-18(3)4/h8-14,17-18,24,30H,6-7,15-16H2,1-5H3/b25-23-. The van der Waals surface area contributed by atoms with E-state index in [1.807, 2.05) is 51.1 Å². The zero-order chi connectivity index (χ0) is 24.1. The summed E-state index contributed by atoms with van der Waals surface area (Å²) in [5.41, 5.74) is 2.27. The van der Waals surface area contributed by atoms with Crippen molar-refractivity contribution in [2.24, 2.45) is 0 Å². The number of ketones is 1. The summed E-state index contributed by atoms with van der Waals surface area (Å²) in [5.74, 6) is -0.664. The van der Waals surface area contributed by atoms with E-state index in [1.165, 1.54) is 0 Å². The summed E-state index contributed by atoms with van der Waals surface area (Å²) < 4.78 is 5.79. The molecule has 6 nitrogen and oxygen atoms in total. The molecule has 6 heteroatoms. The van der Waals surface area contributed by atoms with Crippen LogP contribution in [-0.4, -0.2) is 58.9 Å². The minimum Gasteiger partial charge on any atom is -0.507 e. The fraction of sp³-hybridized carbons (Fsp3) is 0.407. The molecule has 1 unspecified atom stereocenters. The lowest BCUT2D eigenvalue weighted by Gasteiger charge is -2.28. The number of amides is 1. The average Bonchev–Trinajstić information content (AvgIpc) is 3.06. The van der Waals surface area contributed by atoms with Crippen LogP contribution >= 0.6 is 0 Å².